The molecule has 7 heteroatoms. The van der Waals surface area contributed by atoms with Crippen LogP contribution in [0.1, 0.15) is 42.9 Å². The quantitative estimate of drug-likeness (QED) is 0.373. The van der Waals surface area contributed by atoms with Crippen LogP contribution < -0.4 is 10.6 Å². The molecule has 0 fully saturated rings. The fourth-order valence-electron chi connectivity index (χ4n) is 4.81. The van der Waals surface area contributed by atoms with Gasteiger partial charge in [-0.1, -0.05) is 92.7 Å². The van der Waals surface area contributed by atoms with Gasteiger partial charge in [0.25, 0.3) is 0 Å². The number of benzene rings is 3. The van der Waals surface area contributed by atoms with Crippen molar-refractivity contribution in [3.63, 3.8) is 0 Å². The number of nitrogens with one attached hydrogen (secondary N) is 2. The average molecular weight is 501 g/mol. The number of fused-ring (bicyclic) bond motifs is 3. The summed E-state index contributed by atoms with van der Waals surface area (Å²) in [5.74, 6) is -1.71. The van der Waals surface area contributed by atoms with Gasteiger partial charge in [0.1, 0.15) is 18.7 Å². The normalized spacial score (nSPS) is 13.8. The molecular formula is C30H32N2O5. The third kappa shape index (κ3) is 6.36. The summed E-state index contributed by atoms with van der Waals surface area (Å²) in [7, 11) is 0. The summed E-state index contributed by atoms with van der Waals surface area (Å²) in [6, 6.07) is 23.3. The fourth-order valence-corrected chi connectivity index (χ4v) is 4.81. The Bertz CT molecular complexity index is 1210. The second kappa shape index (κ2) is 11.7. The molecule has 192 valence electrons. The number of amides is 2. The second-order valence-electron chi connectivity index (χ2n) is 9.74. The van der Waals surface area contributed by atoms with Gasteiger partial charge in [0, 0.05) is 12.3 Å². The van der Waals surface area contributed by atoms with Gasteiger partial charge in [-0.05, 0) is 40.2 Å². The molecule has 0 saturated heterocycles. The zero-order valence-corrected chi connectivity index (χ0v) is 21.0. The number of hydrogen-bond acceptors (Lipinski definition) is 4. The molecule has 4 rings (SSSR count). The third-order valence-corrected chi connectivity index (χ3v) is 6.56. The molecule has 37 heavy (non-hydrogen) atoms. The molecule has 0 bridgehead atoms. The third-order valence-electron chi connectivity index (χ3n) is 6.56. The van der Waals surface area contributed by atoms with Crippen LogP contribution in [0.4, 0.5) is 4.79 Å². The van der Waals surface area contributed by atoms with Crippen molar-refractivity contribution in [1.29, 1.82) is 0 Å². The van der Waals surface area contributed by atoms with E-state index in [1.54, 1.807) is 0 Å². The van der Waals surface area contributed by atoms with Crippen molar-refractivity contribution in [3.05, 3.63) is 95.6 Å². The lowest BCUT2D eigenvalue weighted by Crippen LogP contribution is -2.53. The molecule has 2 atom stereocenters. The van der Waals surface area contributed by atoms with Gasteiger partial charge >= 0.3 is 12.1 Å². The van der Waals surface area contributed by atoms with Crippen LogP contribution in [-0.2, 0) is 20.7 Å². The molecule has 1 aliphatic rings. The Kier molecular flexibility index (Phi) is 8.23. The zero-order valence-electron chi connectivity index (χ0n) is 21.0. The topological polar surface area (TPSA) is 105 Å². The Hall–Kier alpha value is -4.13. The first kappa shape index (κ1) is 25.9. The van der Waals surface area contributed by atoms with Gasteiger partial charge in [-0.3, -0.25) is 4.79 Å². The number of rotatable bonds is 10. The van der Waals surface area contributed by atoms with Crippen molar-refractivity contribution >= 4 is 18.0 Å². The van der Waals surface area contributed by atoms with Gasteiger partial charge in [-0.25, -0.2) is 9.59 Å². The lowest BCUT2D eigenvalue weighted by atomic mass is 9.98. The SMILES string of the molecule is CC(C)C[C@H](NC(=O)[C@@H](Cc1ccccc1)NC(=O)OCC1c2ccccc2-c2ccccc21)C(=O)O. The molecule has 0 aromatic heterocycles. The van der Waals surface area contributed by atoms with Crippen LogP contribution >= 0.6 is 0 Å². The van der Waals surface area contributed by atoms with Crippen molar-refractivity contribution in [1.82, 2.24) is 10.6 Å². The van der Waals surface area contributed by atoms with E-state index in [0.29, 0.717) is 0 Å². The predicted octanol–water partition coefficient (Wildman–Crippen LogP) is 4.75. The first-order valence-electron chi connectivity index (χ1n) is 12.5. The molecule has 1 aliphatic carbocycles. The molecule has 3 aromatic rings. The predicted molar refractivity (Wildman–Crippen MR) is 141 cm³/mol. The van der Waals surface area contributed by atoms with Crippen LogP contribution in [0.2, 0.25) is 0 Å². The highest BCUT2D eigenvalue weighted by molar-refractivity contribution is 5.89. The first-order chi connectivity index (χ1) is 17.8. The highest BCUT2D eigenvalue weighted by atomic mass is 16.5. The van der Waals surface area contributed by atoms with Crippen LogP contribution in [0.5, 0.6) is 0 Å². The molecule has 0 heterocycles. The number of ether oxygens (including phenoxy) is 1. The van der Waals surface area contributed by atoms with Crippen molar-refractivity contribution in [2.45, 2.75) is 44.7 Å². The summed E-state index contributed by atoms with van der Waals surface area (Å²) in [4.78, 5) is 37.7. The zero-order chi connectivity index (χ0) is 26.4. The second-order valence-corrected chi connectivity index (χ2v) is 9.74. The van der Waals surface area contributed by atoms with Gasteiger partial charge in [0.05, 0.1) is 0 Å². The van der Waals surface area contributed by atoms with Crippen LogP contribution in [0.3, 0.4) is 0 Å². The lowest BCUT2D eigenvalue weighted by Gasteiger charge is -2.23. The highest BCUT2D eigenvalue weighted by Crippen LogP contribution is 2.44. The monoisotopic (exact) mass is 500 g/mol. The van der Waals surface area contributed by atoms with Crippen molar-refractivity contribution in [2.75, 3.05) is 6.61 Å². The molecule has 0 radical (unpaired) electrons. The molecule has 2 amide bonds. The molecule has 0 aliphatic heterocycles. The van der Waals surface area contributed by atoms with Gasteiger partial charge in [-0.15, -0.1) is 0 Å². The largest absolute Gasteiger partial charge is 0.480 e. The smallest absolute Gasteiger partial charge is 0.407 e. The maximum absolute atomic E-state index is 13.1. The summed E-state index contributed by atoms with van der Waals surface area (Å²) in [6.07, 6.45) is -0.247. The fraction of sp³-hybridized carbons (Fsp3) is 0.300. The molecule has 0 saturated carbocycles. The van der Waals surface area contributed by atoms with Gasteiger partial charge in [0.15, 0.2) is 0 Å². The minimum Gasteiger partial charge on any atom is -0.480 e. The minimum absolute atomic E-state index is 0.0732. The van der Waals surface area contributed by atoms with E-state index in [2.05, 4.69) is 22.8 Å². The number of carbonyl (C=O) groups is 3. The van der Waals surface area contributed by atoms with E-state index in [4.69, 9.17) is 4.74 Å². The molecule has 3 N–H and O–H groups in total. The Balaban J connectivity index is 1.46. The van der Waals surface area contributed by atoms with E-state index in [-0.39, 0.29) is 31.3 Å². The number of carboxylic acids is 1. The maximum atomic E-state index is 13.1. The summed E-state index contributed by atoms with van der Waals surface area (Å²) in [6.45, 7) is 3.89. The van der Waals surface area contributed by atoms with Crippen LogP contribution in [-0.4, -0.2) is 41.8 Å². The standard InChI is InChI=1S/C30H32N2O5/c1-19(2)16-27(29(34)35)31-28(33)26(17-20-10-4-3-5-11-20)32-30(36)37-18-25-23-14-8-6-12-21(23)22-13-7-9-15-24(22)25/h3-15,19,25-27H,16-18H2,1-2H3,(H,31,33)(H,32,36)(H,34,35)/t26-,27+/m1/s1. The number of carboxylic acid groups (broad SMARTS) is 1. The van der Waals surface area contributed by atoms with E-state index in [0.717, 1.165) is 27.8 Å². The van der Waals surface area contributed by atoms with Crippen molar-refractivity contribution in [2.24, 2.45) is 5.92 Å². The van der Waals surface area contributed by atoms with E-state index in [9.17, 15) is 19.5 Å². The van der Waals surface area contributed by atoms with Gasteiger partial charge in [0.2, 0.25) is 5.91 Å². The average Bonchev–Trinajstić information content (AvgIpc) is 3.20. The Morgan fingerprint density at radius 3 is 1.95 bits per heavy atom. The van der Waals surface area contributed by atoms with Gasteiger partial charge < -0.3 is 20.5 Å². The molecular weight excluding hydrogens is 468 g/mol. The number of alkyl carbamates (subject to hydrolysis) is 1. The summed E-state index contributed by atoms with van der Waals surface area (Å²) in [5, 5.41) is 14.8. The van der Waals surface area contributed by atoms with E-state index >= 15 is 0 Å². The van der Waals surface area contributed by atoms with E-state index < -0.39 is 30.1 Å². The van der Waals surface area contributed by atoms with Gasteiger partial charge in [-0.2, -0.15) is 0 Å². The molecule has 0 spiro atoms. The number of carbonyl (C=O) groups excluding carboxylic acids is 2. The first-order valence-corrected chi connectivity index (χ1v) is 12.5. The van der Waals surface area contributed by atoms with Crippen molar-refractivity contribution < 1.29 is 24.2 Å². The Morgan fingerprint density at radius 1 is 0.811 bits per heavy atom. The van der Waals surface area contributed by atoms with Crippen LogP contribution in [0, 0.1) is 5.92 Å². The molecule has 3 aromatic carbocycles. The van der Waals surface area contributed by atoms with E-state index in [1.165, 1.54) is 0 Å². The number of hydrogen-bond donors (Lipinski definition) is 3. The molecule has 7 nitrogen and oxygen atoms in total. The van der Waals surface area contributed by atoms with Crippen molar-refractivity contribution in [3.8, 4) is 11.1 Å². The Labute approximate surface area is 216 Å². The Morgan fingerprint density at radius 2 is 1.38 bits per heavy atom. The maximum Gasteiger partial charge on any atom is 0.407 e. The molecule has 0 unspecified atom stereocenters. The van der Waals surface area contributed by atoms with Crippen LogP contribution in [0.25, 0.3) is 11.1 Å². The van der Waals surface area contributed by atoms with E-state index in [1.807, 2.05) is 80.6 Å². The summed E-state index contributed by atoms with van der Waals surface area (Å²) >= 11 is 0. The minimum atomic E-state index is -1.11. The number of aliphatic carboxylic acids is 1. The summed E-state index contributed by atoms with van der Waals surface area (Å²) in [5.41, 5.74) is 5.26. The van der Waals surface area contributed by atoms with Crippen LogP contribution in [0.15, 0.2) is 78.9 Å². The summed E-state index contributed by atoms with van der Waals surface area (Å²) < 4.78 is 5.63. The lowest BCUT2D eigenvalue weighted by molar-refractivity contribution is -0.142. The highest BCUT2D eigenvalue weighted by Gasteiger charge is 2.31.